The maximum atomic E-state index is 10.0. The van der Waals surface area contributed by atoms with E-state index in [9.17, 15) is 4.79 Å². The fourth-order valence-electron chi connectivity index (χ4n) is 0.171. The van der Waals surface area contributed by atoms with Gasteiger partial charge in [0.25, 0.3) is 0 Å². The monoisotopic (exact) mass is 140 g/mol. The Kier molecular flexibility index (Phi) is 6.48. The van der Waals surface area contributed by atoms with Crippen LogP contribution in [-0.4, -0.2) is 24.3 Å². The molecule has 8 heavy (non-hydrogen) atoms. The predicted molar refractivity (Wildman–Crippen MR) is 30.9 cm³/mol. The molecule has 0 aliphatic rings. The van der Waals surface area contributed by atoms with Gasteiger partial charge in [0, 0.05) is 0 Å². The van der Waals surface area contributed by atoms with E-state index < -0.39 is 12.1 Å². The first-order valence-electron chi connectivity index (χ1n) is 1.94. The summed E-state index contributed by atoms with van der Waals surface area (Å²) in [6, 6.07) is 0. The van der Waals surface area contributed by atoms with Crippen LogP contribution in [-0.2, 0) is 9.53 Å². The fourth-order valence-corrected chi connectivity index (χ4v) is 0.171. The van der Waals surface area contributed by atoms with Crippen LogP contribution in [0, 0.1) is 0 Å². The van der Waals surface area contributed by atoms with Gasteiger partial charge in [0.15, 0.2) is 0 Å². The molecule has 0 bridgehead atoms. The summed E-state index contributed by atoms with van der Waals surface area (Å²) < 4.78 is 4.12. The summed E-state index contributed by atoms with van der Waals surface area (Å²) in [6.07, 6.45) is -0.995. The summed E-state index contributed by atoms with van der Waals surface area (Å²) >= 11 is 0. The number of ether oxygens (including phenoxy) is 1. The lowest BCUT2D eigenvalue weighted by atomic mass is 10.4. The normalized spacial score (nSPS) is 11.4. The van der Waals surface area contributed by atoms with E-state index in [-0.39, 0.29) is 12.4 Å². The third kappa shape index (κ3) is 3.89. The standard InChI is InChI=1S/C4H8O3.ClH/c1-3(5)4(6)7-2;/h3,5H,1-2H3;1H/t3-;/m0./s1. The SMILES string of the molecule is COC(=O)[C@H](C)O.Cl. The number of esters is 1. The molecule has 1 N–H and O–H groups in total. The van der Waals surface area contributed by atoms with Crippen LogP contribution in [0.2, 0.25) is 0 Å². The molecule has 4 heteroatoms. The molecule has 0 fully saturated rings. The van der Waals surface area contributed by atoms with Gasteiger partial charge in [0.05, 0.1) is 7.11 Å². The van der Waals surface area contributed by atoms with Crippen molar-refractivity contribution < 1.29 is 14.6 Å². The lowest BCUT2D eigenvalue weighted by Gasteiger charge is -1.97. The zero-order valence-electron chi connectivity index (χ0n) is 4.75. The minimum absolute atomic E-state index is 0. The van der Waals surface area contributed by atoms with Crippen molar-refractivity contribution in [3.05, 3.63) is 0 Å². The molecule has 50 valence electrons. The van der Waals surface area contributed by atoms with Gasteiger partial charge in [-0.1, -0.05) is 0 Å². The Morgan fingerprint density at radius 1 is 1.75 bits per heavy atom. The van der Waals surface area contributed by atoms with Crippen molar-refractivity contribution in [2.45, 2.75) is 13.0 Å². The predicted octanol–water partition coefficient (Wildman–Crippen LogP) is -0.0380. The van der Waals surface area contributed by atoms with Gasteiger partial charge in [-0.05, 0) is 6.92 Å². The van der Waals surface area contributed by atoms with E-state index in [1.54, 1.807) is 0 Å². The number of aliphatic hydroxyl groups is 1. The topological polar surface area (TPSA) is 46.5 Å². The van der Waals surface area contributed by atoms with E-state index >= 15 is 0 Å². The van der Waals surface area contributed by atoms with Crippen molar-refractivity contribution in [1.82, 2.24) is 0 Å². The van der Waals surface area contributed by atoms with E-state index in [1.807, 2.05) is 0 Å². The molecule has 0 aliphatic heterocycles. The number of aliphatic hydroxyl groups excluding tert-OH is 1. The number of halogens is 1. The first kappa shape index (κ1) is 10.7. The number of hydrogen-bond acceptors (Lipinski definition) is 3. The zero-order valence-corrected chi connectivity index (χ0v) is 5.57. The van der Waals surface area contributed by atoms with Crippen LogP contribution < -0.4 is 0 Å². The van der Waals surface area contributed by atoms with Gasteiger partial charge in [-0.3, -0.25) is 0 Å². The number of rotatable bonds is 1. The van der Waals surface area contributed by atoms with E-state index in [0.29, 0.717) is 0 Å². The summed E-state index contributed by atoms with van der Waals surface area (Å²) in [4.78, 5) is 10.0. The molecule has 0 aromatic rings. The van der Waals surface area contributed by atoms with E-state index in [1.165, 1.54) is 14.0 Å². The fraction of sp³-hybridized carbons (Fsp3) is 0.750. The van der Waals surface area contributed by atoms with Crippen LogP contribution in [0.15, 0.2) is 0 Å². The summed E-state index contributed by atoms with van der Waals surface area (Å²) in [5, 5.41) is 8.35. The van der Waals surface area contributed by atoms with Crippen molar-refractivity contribution in [2.75, 3.05) is 7.11 Å². The third-order valence-electron chi connectivity index (χ3n) is 0.542. The maximum Gasteiger partial charge on any atom is 0.334 e. The van der Waals surface area contributed by atoms with Gasteiger partial charge < -0.3 is 9.84 Å². The minimum Gasteiger partial charge on any atom is -0.467 e. The molecular weight excluding hydrogens is 131 g/mol. The Labute approximate surface area is 54.1 Å². The van der Waals surface area contributed by atoms with Crippen LogP contribution in [0.3, 0.4) is 0 Å². The average molecular weight is 141 g/mol. The van der Waals surface area contributed by atoms with Gasteiger partial charge in [0.2, 0.25) is 0 Å². The zero-order chi connectivity index (χ0) is 5.86. The second-order valence-electron chi connectivity index (χ2n) is 1.20. The smallest absolute Gasteiger partial charge is 0.334 e. The highest BCUT2D eigenvalue weighted by Crippen LogP contribution is 1.80. The van der Waals surface area contributed by atoms with E-state index in [4.69, 9.17) is 5.11 Å². The Balaban J connectivity index is 0. The first-order valence-corrected chi connectivity index (χ1v) is 1.94. The van der Waals surface area contributed by atoms with Crippen LogP contribution in [0.25, 0.3) is 0 Å². The Bertz CT molecular complexity index is 71.7. The first-order chi connectivity index (χ1) is 3.18. The molecule has 0 aromatic carbocycles. The van der Waals surface area contributed by atoms with Crippen LogP contribution in [0.1, 0.15) is 6.92 Å². The molecule has 1 atom stereocenters. The van der Waals surface area contributed by atoms with Crippen LogP contribution in [0.4, 0.5) is 0 Å². The molecule has 3 nitrogen and oxygen atoms in total. The number of methoxy groups -OCH3 is 1. The van der Waals surface area contributed by atoms with E-state index in [0.717, 1.165) is 0 Å². The van der Waals surface area contributed by atoms with Gasteiger partial charge in [-0.2, -0.15) is 0 Å². The Morgan fingerprint density at radius 2 is 2.12 bits per heavy atom. The Morgan fingerprint density at radius 3 is 2.12 bits per heavy atom. The summed E-state index contributed by atoms with van der Waals surface area (Å²) in [6.45, 7) is 1.35. The third-order valence-corrected chi connectivity index (χ3v) is 0.542. The molecule has 0 spiro atoms. The molecule has 0 saturated heterocycles. The van der Waals surface area contributed by atoms with Gasteiger partial charge >= 0.3 is 5.97 Å². The van der Waals surface area contributed by atoms with Crippen molar-refractivity contribution in [3.8, 4) is 0 Å². The van der Waals surface area contributed by atoms with Crippen molar-refractivity contribution in [1.29, 1.82) is 0 Å². The molecule has 0 saturated carbocycles. The highest BCUT2D eigenvalue weighted by molar-refractivity contribution is 5.85. The second kappa shape index (κ2) is 4.87. The maximum absolute atomic E-state index is 10.0. The lowest BCUT2D eigenvalue weighted by Crippen LogP contribution is -2.16. The molecule has 0 aromatic heterocycles. The second-order valence-corrected chi connectivity index (χ2v) is 1.20. The van der Waals surface area contributed by atoms with Crippen molar-refractivity contribution in [2.24, 2.45) is 0 Å². The average Bonchev–Trinajstić information content (AvgIpc) is 1.65. The highest BCUT2D eigenvalue weighted by Gasteiger charge is 2.05. The summed E-state index contributed by atoms with van der Waals surface area (Å²) in [5.41, 5.74) is 0. The van der Waals surface area contributed by atoms with Gasteiger partial charge in [-0.25, -0.2) is 4.79 Å². The minimum atomic E-state index is -0.995. The molecule has 0 unspecified atom stereocenters. The summed E-state index contributed by atoms with van der Waals surface area (Å²) in [5.74, 6) is -0.597. The molecule has 0 radical (unpaired) electrons. The van der Waals surface area contributed by atoms with Gasteiger partial charge in [0.1, 0.15) is 6.10 Å². The number of carbonyl (C=O) groups is 1. The van der Waals surface area contributed by atoms with Crippen LogP contribution >= 0.6 is 12.4 Å². The molecule has 0 heterocycles. The van der Waals surface area contributed by atoms with Gasteiger partial charge in [-0.15, -0.1) is 12.4 Å². The summed E-state index contributed by atoms with van der Waals surface area (Å²) in [7, 11) is 1.23. The van der Waals surface area contributed by atoms with Crippen LogP contribution in [0.5, 0.6) is 0 Å². The molecule has 0 rings (SSSR count). The molecule has 0 aliphatic carbocycles. The largest absolute Gasteiger partial charge is 0.467 e. The molecular formula is C4H9ClO3. The van der Waals surface area contributed by atoms with Crippen molar-refractivity contribution >= 4 is 18.4 Å². The van der Waals surface area contributed by atoms with E-state index in [2.05, 4.69) is 4.74 Å². The lowest BCUT2D eigenvalue weighted by molar-refractivity contribution is -0.149. The number of hydrogen-bond donors (Lipinski definition) is 1. The quantitative estimate of drug-likeness (QED) is 0.520. The Hall–Kier alpha value is -0.280. The van der Waals surface area contributed by atoms with Crippen molar-refractivity contribution in [3.63, 3.8) is 0 Å². The molecule has 0 amide bonds. The highest BCUT2D eigenvalue weighted by atomic mass is 35.5. The number of carbonyl (C=O) groups excluding carboxylic acids is 1.